The molecule has 15 heavy (non-hydrogen) atoms. The Kier molecular flexibility index (Phi) is 3.29. The molecule has 3 heteroatoms. The summed E-state index contributed by atoms with van der Waals surface area (Å²) in [4.78, 5) is 10.7. The van der Waals surface area contributed by atoms with Gasteiger partial charge in [-0.05, 0) is 43.9 Å². The van der Waals surface area contributed by atoms with E-state index in [1.165, 1.54) is 32.6 Å². The largest absolute Gasteiger partial charge is 0.436 e. The molecule has 2 fully saturated rings. The standard InChI is InChI=1S/C12H20O3/c1-8(13)15-9(2)14-7-12-6-10-3-4-11(12)5-10/h9-12H,3-7H2,1-2H3. The molecule has 0 aromatic rings. The first-order valence-corrected chi connectivity index (χ1v) is 5.94. The third-order valence-corrected chi connectivity index (χ3v) is 3.76. The highest BCUT2D eigenvalue weighted by Crippen LogP contribution is 2.48. The molecule has 0 aromatic heterocycles. The first-order chi connectivity index (χ1) is 7.15. The second-order valence-electron chi connectivity index (χ2n) is 4.95. The maximum Gasteiger partial charge on any atom is 0.304 e. The van der Waals surface area contributed by atoms with Crippen LogP contribution in [0, 0.1) is 17.8 Å². The van der Waals surface area contributed by atoms with Crippen LogP contribution >= 0.6 is 0 Å². The molecule has 0 saturated heterocycles. The van der Waals surface area contributed by atoms with E-state index in [4.69, 9.17) is 9.47 Å². The number of carbonyl (C=O) groups excluding carboxylic acids is 1. The molecule has 2 bridgehead atoms. The fourth-order valence-electron chi connectivity index (χ4n) is 3.11. The first kappa shape index (κ1) is 10.9. The second-order valence-corrected chi connectivity index (χ2v) is 4.95. The van der Waals surface area contributed by atoms with Crippen LogP contribution in [-0.4, -0.2) is 18.9 Å². The van der Waals surface area contributed by atoms with Gasteiger partial charge in [-0.1, -0.05) is 6.42 Å². The quantitative estimate of drug-likeness (QED) is 0.530. The molecule has 4 atom stereocenters. The number of esters is 1. The van der Waals surface area contributed by atoms with Crippen molar-refractivity contribution in [3.8, 4) is 0 Å². The molecule has 0 radical (unpaired) electrons. The van der Waals surface area contributed by atoms with Gasteiger partial charge in [-0.25, -0.2) is 0 Å². The minimum Gasteiger partial charge on any atom is -0.436 e. The number of hydrogen-bond donors (Lipinski definition) is 0. The van der Waals surface area contributed by atoms with Crippen molar-refractivity contribution in [2.24, 2.45) is 17.8 Å². The zero-order valence-corrected chi connectivity index (χ0v) is 9.57. The van der Waals surface area contributed by atoms with E-state index in [2.05, 4.69) is 0 Å². The van der Waals surface area contributed by atoms with Crippen molar-refractivity contribution in [1.82, 2.24) is 0 Å². The Morgan fingerprint density at radius 3 is 2.73 bits per heavy atom. The van der Waals surface area contributed by atoms with Crippen LogP contribution in [0.25, 0.3) is 0 Å². The van der Waals surface area contributed by atoms with Crippen molar-refractivity contribution in [2.45, 2.75) is 45.8 Å². The van der Waals surface area contributed by atoms with Crippen molar-refractivity contribution in [1.29, 1.82) is 0 Å². The molecular formula is C12H20O3. The van der Waals surface area contributed by atoms with Crippen molar-refractivity contribution >= 4 is 5.97 Å². The molecule has 4 unspecified atom stereocenters. The van der Waals surface area contributed by atoms with Crippen LogP contribution in [0.3, 0.4) is 0 Å². The van der Waals surface area contributed by atoms with E-state index >= 15 is 0 Å². The molecule has 0 N–H and O–H groups in total. The second kappa shape index (κ2) is 4.52. The van der Waals surface area contributed by atoms with Gasteiger partial charge in [-0.15, -0.1) is 0 Å². The summed E-state index contributed by atoms with van der Waals surface area (Å²) in [6.07, 6.45) is 5.12. The van der Waals surface area contributed by atoms with Crippen molar-refractivity contribution in [3.05, 3.63) is 0 Å². The maximum atomic E-state index is 10.7. The minimum absolute atomic E-state index is 0.268. The highest BCUT2D eigenvalue weighted by molar-refractivity contribution is 5.65. The van der Waals surface area contributed by atoms with Crippen molar-refractivity contribution in [2.75, 3.05) is 6.61 Å². The zero-order chi connectivity index (χ0) is 10.8. The van der Waals surface area contributed by atoms with E-state index in [1.807, 2.05) is 0 Å². The minimum atomic E-state index is -0.387. The summed E-state index contributed by atoms with van der Waals surface area (Å²) >= 11 is 0. The molecular weight excluding hydrogens is 192 g/mol. The highest BCUT2D eigenvalue weighted by Gasteiger charge is 2.39. The van der Waals surface area contributed by atoms with E-state index < -0.39 is 0 Å². The van der Waals surface area contributed by atoms with Crippen molar-refractivity contribution < 1.29 is 14.3 Å². The summed E-state index contributed by atoms with van der Waals surface area (Å²) in [6.45, 7) is 3.96. The molecule has 0 spiro atoms. The molecule has 0 amide bonds. The molecule has 2 saturated carbocycles. The topological polar surface area (TPSA) is 35.5 Å². The summed E-state index contributed by atoms with van der Waals surface area (Å²) in [5.74, 6) is 2.27. The average molecular weight is 212 g/mol. The van der Waals surface area contributed by atoms with Crippen molar-refractivity contribution in [3.63, 3.8) is 0 Å². The average Bonchev–Trinajstić information content (AvgIpc) is 2.74. The third-order valence-electron chi connectivity index (χ3n) is 3.76. The van der Waals surface area contributed by atoms with Crippen LogP contribution in [0.4, 0.5) is 0 Å². The monoisotopic (exact) mass is 212 g/mol. The molecule has 2 rings (SSSR count). The van der Waals surface area contributed by atoms with Gasteiger partial charge in [-0.3, -0.25) is 4.79 Å². The lowest BCUT2D eigenvalue weighted by atomic mass is 9.90. The summed E-state index contributed by atoms with van der Waals surface area (Å²) in [6, 6.07) is 0. The van der Waals surface area contributed by atoms with Crippen LogP contribution < -0.4 is 0 Å². The number of hydrogen-bond acceptors (Lipinski definition) is 3. The fraction of sp³-hybridized carbons (Fsp3) is 0.917. The van der Waals surface area contributed by atoms with Crippen LogP contribution in [-0.2, 0) is 14.3 Å². The van der Waals surface area contributed by atoms with E-state index in [-0.39, 0.29) is 12.3 Å². The Balaban J connectivity index is 1.68. The number of carbonyl (C=O) groups is 1. The zero-order valence-electron chi connectivity index (χ0n) is 9.57. The summed E-state index contributed by atoms with van der Waals surface area (Å²) in [5, 5.41) is 0. The van der Waals surface area contributed by atoms with Gasteiger partial charge < -0.3 is 9.47 Å². The fourth-order valence-corrected chi connectivity index (χ4v) is 3.11. The lowest BCUT2D eigenvalue weighted by molar-refractivity contribution is -0.175. The number of fused-ring (bicyclic) bond motifs is 2. The molecule has 0 heterocycles. The van der Waals surface area contributed by atoms with Gasteiger partial charge in [0, 0.05) is 6.92 Å². The summed E-state index contributed by atoms with van der Waals surface area (Å²) < 4.78 is 10.5. The predicted molar refractivity (Wildman–Crippen MR) is 56.1 cm³/mol. The third kappa shape index (κ3) is 2.71. The number of ether oxygens (including phenoxy) is 2. The lowest BCUT2D eigenvalue weighted by Gasteiger charge is -2.23. The number of rotatable bonds is 4. The first-order valence-electron chi connectivity index (χ1n) is 5.94. The van der Waals surface area contributed by atoms with Crippen LogP contribution in [0.5, 0.6) is 0 Å². The molecule has 0 aliphatic heterocycles. The van der Waals surface area contributed by atoms with Crippen LogP contribution in [0.1, 0.15) is 39.5 Å². The van der Waals surface area contributed by atoms with E-state index in [0.717, 1.165) is 18.4 Å². The molecule has 86 valence electrons. The van der Waals surface area contributed by atoms with Gasteiger partial charge in [0.05, 0.1) is 6.61 Å². The van der Waals surface area contributed by atoms with Crippen LogP contribution in [0.15, 0.2) is 0 Å². The van der Waals surface area contributed by atoms with E-state index in [1.54, 1.807) is 6.92 Å². The normalized spacial score (nSPS) is 35.5. The molecule has 2 aliphatic carbocycles. The van der Waals surface area contributed by atoms with Gasteiger partial charge >= 0.3 is 5.97 Å². The predicted octanol–water partition coefficient (Wildman–Crippen LogP) is 2.35. The Morgan fingerprint density at radius 1 is 1.40 bits per heavy atom. The van der Waals surface area contributed by atoms with Crippen LogP contribution in [0.2, 0.25) is 0 Å². The Hall–Kier alpha value is -0.570. The Labute approximate surface area is 91.1 Å². The van der Waals surface area contributed by atoms with Gasteiger partial charge in [0.15, 0.2) is 6.29 Å². The van der Waals surface area contributed by atoms with E-state index in [9.17, 15) is 4.79 Å². The molecule has 2 aliphatic rings. The smallest absolute Gasteiger partial charge is 0.304 e. The van der Waals surface area contributed by atoms with Gasteiger partial charge in [0.25, 0.3) is 0 Å². The van der Waals surface area contributed by atoms with E-state index in [0.29, 0.717) is 5.92 Å². The van der Waals surface area contributed by atoms with Gasteiger partial charge in [0.2, 0.25) is 0 Å². The van der Waals surface area contributed by atoms with Gasteiger partial charge in [-0.2, -0.15) is 0 Å². The summed E-state index contributed by atoms with van der Waals surface area (Å²) in [5.41, 5.74) is 0. The Bertz CT molecular complexity index is 239. The lowest BCUT2D eigenvalue weighted by Crippen LogP contribution is -2.23. The summed E-state index contributed by atoms with van der Waals surface area (Å²) in [7, 11) is 0. The SMILES string of the molecule is CC(=O)OC(C)OCC1CC2CCC1C2. The molecule has 0 aromatic carbocycles. The molecule has 3 nitrogen and oxygen atoms in total. The Morgan fingerprint density at radius 2 is 2.20 bits per heavy atom. The highest BCUT2D eigenvalue weighted by atomic mass is 16.7. The maximum absolute atomic E-state index is 10.7. The van der Waals surface area contributed by atoms with Gasteiger partial charge in [0.1, 0.15) is 0 Å².